The van der Waals surface area contributed by atoms with Gasteiger partial charge in [-0.1, -0.05) is 13.8 Å². The fourth-order valence-corrected chi connectivity index (χ4v) is 3.52. The highest BCUT2D eigenvalue weighted by Gasteiger charge is 2.34. The molecule has 2 fully saturated rings. The first kappa shape index (κ1) is 15.8. The van der Waals surface area contributed by atoms with Crippen LogP contribution in [0.1, 0.15) is 58.8 Å². The summed E-state index contributed by atoms with van der Waals surface area (Å²) in [7, 11) is 0. The Morgan fingerprint density at radius 2 is 2.05 bits per heavy atom. The molecule has 116 valence electrons. The molecule has 1 saturated heterocycles. The molecule has 1 amide bonds. The number of nitrogens with one attached hydrogen (secondary N) is 1. The zero-order valence-corrected chi connectivity index (χ0v) is 13.0. The van der Waals surface area contributed by atoms with Gasteiger partial charge in [-0.25, -0.2) is 0 Å². The maximum Gasteiger partial charge on any atom is 0.219 e. The number of carbonyl (C=O) groups is 1. The number of carbonyl (C=O) groups excluding carboxylic acids is 1. The van der Waals surface area contributed by atoms with Gasteiger partial charge in [-0.05, 0) is 51.0 Å². The van der Waals surface area contributed by atoms with Gasteiger partial charge in [0.05, 0.1) is 5.60 Å². The normalized spacial score (nSPS) is 35.8. The lowest BCUT2D eigenvalue weighted by molar-refractivity contribution is -0.122. The third-order valence-electron chi connectivity index (χ3n) is 4.91. The van der Waals surface area contributed by atoms with Crippen LogP contribution in [0.25, 0.3) is 0 Å². The van der Waals surface area contributed by atoms with Crippen LogP contribution in [0, 0.1) is 5.92 Å². The number of aliphatic hydroxyl groups is 1. The molecule has 0 spiro atoms. The van der Waals surface area contributed by atoms with E-state index in [0.29, 0.717) is 6.42 Å². The van der Waals surface area contributed by atoms with Crippen molar-refractivity contribution in [2.24, 2.45) is 5.92 Å². The summed E-state index contributed by atoms with van der Waals surface area (Å²) in [4.78, 5) is 13.8. The fraction of sp³-hybridized carbons (Fsp3) is 0.938. The van der Waals surface area contributed by atoms with E-state index in [2.05, 4.69) is 17.1 Å². The molecule has 0 aromatic rings. The number of β-amino-alcohol motifs (C(OH)–C–C–N with tert-alkyl or cyclic N) is 1. The molecule has 1 unspecified atom stereocenters. The van der Waals surface area contributed by atoms with Gasteiger partial charge in [-0.2, -0.15) is 0 Å². The zero-order chi connectivity index (χ0) is 14.6. The van der Waals surface area contributed by atoms with Gasteiger partial charge in [0.1, 0.15) is 0 Å². The number of hydrogen-bond acceptors (Lipinski definition) is 3. The second kappa shape index (κ2) is 6.90. The summed E-state index contributed by atoms with van der Waals surface area (Å²) in [6.07, 6.45) is 6.87. The van der Waals surface area contributed by atoms with E-state index in [1.807, 2.05) is 6.92 Å². The Hall–Kier alpha value is -0.610. The molecule has 1 heterocycles. The summed E-state index contributed by atoms with van der Waals surface area (Å²) in [5, 5.41) is 13.8. The summed E-state index contributed by atoms with van der Waals surface area (Å²) >= 11 is 0. The first-order valence-electron chi connectivity index (χ1n) is 8.25. The molecule has 1 saturated carbocycles. The van der Waals surface area contributed by atoms with Crippen LogP contribution in [0.15, 0.2) is 0 Å². The van der Waals surface area contributed by atoms with Crippen molar-refractivity contribution in [2.45, 2.75) is 70.4 Å². The lowest BCUT2D eigenvalue weighted by atomic mass is 9.79. The average molecular weight is 282 g/mol. The Bertz CT molecular complexity index is 324. The van der Waals surface area contributed by atoms with Crippen LogP contribution in [0.2, 0.25) is 0 Å². The molecule has 0 aromatic heterocycles. The molecule has 2 rings (SSSR count). The first-order valence-corrected chi connectivity index (χ1v) is 8.25. The molecule has 2 aliphatic rings. The predicted molar refractivity (Wildman–Crippen MR) is 80.5 cm³/mol. The molecule has 20 heavy (non-hydrogen) atoms. The summed E-state index contributed by atoms with van der Waals surface area (Å²) in [6.45, 7) is 6.89. The Kier molecular flexibility index (Phi) is 5.44. The molecule has 0 bridgehead atoms. The van der Waals surface area contributed by atoms with Crippen molar-refractivity contribution in [1.82, 2.24) is 10.2 Å². The van der Waals surface area contributed by atoms with Gasteiger partial charge in [-0.15, -0.1) is 0 Å². The number of amides is 1. The van der Waals surface area contributed by atoms with Gasteiger partial charge < -0.3 is 10.4 Å². The minimum absolute atomic E-state index is 0.141. The van der Waals surface area contributed by atoms with E-state index in [9.17, 15) is 9.90 Å². The van der Waals surface area contributed by atoms with Crippen molar-refractivity contribution in [3.05, 3.63) is 0 Å². The second-order valence-corrected chi connectivity index (χ2v) is 6.90. The number of likely N-dealkylation sites (tertiary alicyclic amines) is 1. The Balaban J connectivity index is 1.81. The minimum Gasteiger partial charge on any atom is -0.389 e. The third kappa shape index (κ3) is 4.45. The van der Waals surface area contributed by atoms with Crippen molar-refractivity contribution in [2.75, 3.05) is 19.6 Å². The molecule has 2 N–H and O–H groups in total. The highest BCUT2D eigenvalue weighted by molar-refractivity contribution is 5.75. The monoisotopic (exact) mass is 282 g/mol. The van der Waals surface area contributed by atoms with Crippen LogP contribution in [0.3, 0.4) is 0 Å². The van der Waals surface area contributed by atoms with E-state index in [0.717, 1.165) is 64.1 Å². The second-order valence-electron chi connectivity index (χ2n) is 6.90. The van der Waals surface area contributed by atoms with Crippen molar-refractivity contribution >= 4 is 5.91 Å². The lowest BCUT2D eigenvalue weighted by Crippen LogP contribution is -2.53. The van der Waals surface area contributed by atoms with Crippen LogP contribution in [0.4, 0.5) is 0 Å². The number of hydrogen-bond donors (Lipinski definition) is 2. The summed E-state index contributed by atoms with van der Waals surface area (Å²) in [5.74, 6) is 0.898. The van der Waals surface area contributed by atoms with Crippen LogP contribution < -0.4 is 5.32 Å². The number of rotatable bonds is 4. The third-order valence-corrected chi connectivity index (χ3v) is 4.91. The maximum absolute atomic E-state index is 11.5. The Labute approximate surface area is 122 Å². The van der Waals surface area contributed by atoms with E-state index in [1.54, 1.807) is 0 Å². The first-order chi connectivity index (χ1) is 9.50. The van der Waals surface area contributed by atoms with Crippen molar-refractivity contribution in [3.63, 3.8) is 0 Å². The molecule has 4 nitrogen and oxygen atoms in total. The Morgan fingerprint density at radius 3 is 2.70 bits per heavy atom. The van der Waals surface area contributed by atoms with E-state index >= 15 is 0 Å². The van der Waals surface area contributed by atoms with Gasteiger partial charge in [0, 0.05) is 25.6 Å². The van der Waals surface area contributed by atoms with Crippen molar-refractivity contribution in [1.29, 1.82) is 0 Å². The Morgan fingerprint density at radius 1 is 1.35 bits per heavy atom. The summed E-state index contributed by atoms with van der Waals surface area (Å²) in [6, 6.07) is 0.266. The maximum atomic E-state index is 11.5. The van der Waals surface area contributed by atoms with E-state index in [4.69, 9.17) is 0 Å². The molecule has 1 aliphatic heterocycles. The van der Waals surface area contributed by atoms with E-state index in [-0.39, 0.29) is 11.9 Å². The van der Waals surface area contributed by atoms with E-state index < -0.39 is 5.60 Å². The van der Waals surface area contributed by atoms with E-state index in [1.165, 1.54) is 0 Å². The van der Waals surface area contributed by atoms with Gasteiger partial charge in [-0.3, -0.25) is 9.69 Å². The lowest BCUT2D eigenvalue weighted by Gasteiger charge is -2.41. The standard InChI is InChI=1S/C16H30N2O2/c1-3-15(19)17-14-5-4-10-18(11-14)12-16(20)8-6-13(2)7-9-16/h13-14,20H,3-12H2,1-2H3,(H,17,19). The SMILES string of the molecule is CCC(=O)NC1CCCN(CC2(O)CCC(C)CC2)C1. The van der Waals surface area contributed by atoms with Crippen molar-refractivity contribution in [3.8, 4) is 0 Å². The van der Waals surface area contributed by atoms with Gasteiger partial charge in [0.25, 0.3) is 0 Å². The van der Waals surface area contributed by atoms with Gasteiger partial charge >= 0.3 is 0 Å². The van der Waals surface area contributed by atoms with Gasteiger partial charge in [0.15, 0.2) is 0 Å². The minimum atomic E-state index is -0.497. The molecule has 1 atom stereocenters. The largest absolute Gasteiger partial charge is 0.389 e. The van der Waals surface area contributed by atoms with Crippen LogP contribution in [-0.2, 0) is 4.79 Å². The smallest absolute Gasteiger partial charge is 0.219 e. The molecular formula is C16H30N2O2. The highest BCUT2D eigenvalue weighted by atomic mass is 16.3. The molecule has 0 radical (unpaired) electrons. The molecule has 1 aliphatic carbocycles. The van der Waals surface area contributed by atoms with Gasteiger partial charge in [0.2, 0.25) is 5.91 Å². The summed E-state index contributed by atoms with van der Waals surface area (Å²) in [5.41, 5.74) is -0.497. The summed E-state index contributed by atoms with van der Waals surface area (Å²) < 4.78 is 0. The molecule has 4 heteroatoms. The average Bonchev–Trinajstić information content (AvgIpc) is 2.42. The van der Waals surface area contributed by atoms with Crippen LogP contribution >= 0.6 is 0 Å². The predicted octanol–water partition coefficient (Wildman–Crippen LogP) is 1.92. The topological polar surface area (TPSA) is 52.6 Å². The molecular weight excluding hydrogens is 252 g/mol. The fourth-order valence-electron chi connectivity index (χ4n) is 3.52. The highest BCUT2D eigenvalue weighted by Crippen LogP contribution is 2.32. The molecule has 0 aromatic carbocycles. The van der Waals surface area contributed by atoms with Crippen molar-refractivity contribution < 1.29 is 9.90 Å². The van der Waals surface area contributed by atoms with Crippen LogP contribution in [0.5, 0.6) is 0 Å². The number of piperidine rings is 1. The van der Waals surface area contributed by atoms with Crippen LogP contribution in [-0.4, -0.2) is 47.2 Å². The zero-order valence-electron chi connectivity index (χ0n) is 13.0. The number of nitrogens with zero attached hydrogens (tertiary/aromatic N) is 1. The quantitative estimate of drug-likeness (QED) is 0.828.